The number of amides is 3. The molecule has 3 saturated heterocycles. The molecule has 0 bridgehead atoms. The van der Waals surface area contributed by atoms with E-state index in [0.717, 1.165) is 38.0 Å². The van der Waals surface area contributed by atoms with Crippen LogP contribution in [0.4, 0.5) is 5.69 Å². The van der Waals surface area contributed by atoms with Crippen LogP contribution >= 0.6 is 0 Å². The SMILES string of the molecule is CCc1ccc(N2C[C@H](C(=O)N3CCN(CC(=O)N4CCCC4)CC3)CC2=O)cc1. The average molecular weight is 413 g/mol. The highest BCUT2D eigenvalue weighted by Gasteiger charge is 2.38. The molecule has 0 unspecified atom stereocenters. The second-order valence-electron chi connectivity index (χ2n) is 8.61. The number of anilines is 1. The molecule has 0 aromatic heterocycles. The molecular weight excluding hydrogens is 380 g/mol. The smallest absolute Gasteiger partial charge is 0.236 e. The van der Waals surface area contributed by atoms with E-state index in [1.807, 2.05) is 34.1 Å². The molecule has 0 aliphatic carbocycles. The topological polar surface area (TPSA) is 64.2 Å². The molecule has 1 aromatic rings. The lowest BCUT2D eigenvalue weighted by molar-refractivity contribution is -0.138. The number of aryl methyl sites for hydroxylation is 1. The maximum atomic E-state index is 13.0. The average Bonchev–Trinajstić information content (AvgIpc) is 3.44. The number of nitrogens with zero attached hydrogens (tertiary/aromatic N) is 4. The first-order chi connectivity index (χ1) is 14.5. The molecule has 0 saturated carbocycles. The van der Waals surface area contributed by atoms with E-state index in [1.165, 1.54) is 5.56 Å². The Kier molecular flexibility index (Phi) is 6.37. The molecule has 4 rings (SSSR count). The van der Waals surface area contributed by atoms with Crippen LogP contribution in [0.15, 0.2) is 24.3 Å². The first-order valence-corrected chi connectivity index (χ1v) is 11.2. The predicted molar refractivity (Wildman–Crippen MR) is 115 cm³/mol. The summed E-state index contributed by atoms with van der Waals surface area (Å²) in [5.74, 6) is 0.0218. The lowest BCUT2D eigenvalue weighted by Gasteiger charge is -2.36. The van der Waals surface area contributed by atoms with Crippen LogP contribution in [-0.4, -0.2) is 84.8 Å². The van der Waals surface area contributed by atoms with Crippen molar-refractivity contribution >= 4 is 23.4 Å². The Bertz CT molecular complexity index is 780. The Hall–Kier alpha value is -2.41. The van der Waals surface area contributed by atoms with Gasteiger partial charge in [-0.1, -0.05) is 19.1 Å². The fraction of sp³-hybridized carbons (Fsp3) is 0.609. The number of hydrogen-bond acceptors (Lipinski definition) is 4. The third kappa shape index (κ3) is 4.51. The van der Waals surface area contributed by atoms with Crippen molar-refractivity contribution < 1.29 is 14.4 Å². The lowest BCUT2D eigenvalue weighted by atomic mass is 10.1. The monoisotopic (exact) mass is 412 g/mol. The number of piperazine rings is 1. The minimum Gasteiger partial charge on any atom is -0.342 e. The van der Waals surface area contributed by atoms with Gasteiger partial charge in [0.25, 0.3) is 0 Å². The maximum absolute atomic E-state index is 13.0. The fourth-order valence-corrected chi connectivity index (χ4v) is 4.68. The summed E-state index contributed by atoms with van der Waals surface area (Å²) in [5, 5.41) is 0. The quantitative estimate of drug-likeness (QED) is 0.733. The van der Waals surface area contributed by atoms with Gasteiger partial charge in [-0.15, -0.1) is 0 Å². The summed E-state index contributed by atoms with van der Waals surface area (Å²) in [5.41, 5.74) is 2.11. The minimum atomic E-state index is -0.277. The van der Waals surface area contributed by atoms with Gasteiger partial charge in [0.05, 0.1) is 12.5 Å². The number of carbonyl (C=O) groups excluding carboxylic acids is 3. The summed E-state index contributed by atoms with van der Waals surface area (Å²) in [6.45, 7) is 7.46. The molecule has 3 aliphatic heterocycles. The van der Waals surface area contributed by atoms with Crippen molar-refractivity contribution in [2.75, 3.05) is 57.3 Å². The van der Waals surface area contributed by atoms with Gasteiger partial charge in [-0.2, -0.15) is 0 Å². The van der Waals surface area contributed by atoms with Gasteiger partial charge in [0, 0.05) is 57.9 Å². The van der Waals surface area contributed by atoms with Gasteiger partial charge >= 0.3 is 0 Å². The fourth-order valence-electron chi connectivity index (χ4n) is 4.68. The summed E-state index contributed by atoms with van der Waals surface area (Å²) < 4.78 is 0. The Morgan fingerprint density at radius 2 is 1.60 bits per heavy atom. The number of rotatable bonds is 5. The van der Waals surface area contributed by atoms with Crippen LogP contribution in [0.1, 0.15) is 31.7 Å². The molecule has 7 heteroatoms. The van der Waals surface area contributed by atoms with E-state index in [-0.39, 0.29) is 30.1 Å². The molecule has 3 amide bonds. The number of likely N-dealkylation sites (tertiary alicyclic amines) is 1. The zero-order valence-electron chi connectivity index (χ0n) is 17.9. The van der Waals surface area contributed by atoms with Gasteiger partial charge in [0.2, 0.25) is 17.7 Å². The number of benzene rings is 1. The Morgan fingerprint density at radius 1 is 0.933 bits per heavy atom. The summed E-state index contributed by atoms with van der Waals surface area (Å²) >= 11 is 0. The normalized spacial score (nSPS) is 22.8. The van der Waals surface area contributed by atoms with Crippen molar-refractivity contribution in [2.24, 2.45) is 5.92 Å². The van der Waals surface area contributed by atoms with E-state index in [0.29, 0.717) is 39.3 Å². The van der Waals surface area contributed by atoms with E-state index < -0.39 is 0 Å². The molecule has 0 radical (unpaired) electrons. The van der Waals surface area contributed by atoms with E-state index in [4.69, 9.17) is 0 Å². The van der Waals surface area contributed by atoms with Crippen molar-refractivity contribution in [3.8, 4) is 0 Å². The first kappa shape index (κ1) is 20.8. The summed E-state index contributed by atoms with van der Waals surface area (Å²) in [6, 6.07) is 8.03. The third-order valence-electron chi connectivity index (χ3n) is 6.63. The molecule has 3 heterocycles. The largest absolute Gasteiger partial charge is 0.342 e. The van der Waals surface area contributed by atoms with Gasteiger partial charge in [0.15, 0.2) is 0 Å². The first-order valence-electron chi connectivity index (χ1n) is 11.2. The summed E-state index contributed by atoms with van der Waals surface area (Å²) in [6.07, 6.45) is 3.45. The molecule has 1 atom stereocenters. The van der Waals surface area contributed by atoms with Crippen LogP contribution < -0.4 is 4.90 Å². The second-order valence-corrected chi connectivity index (χ2v) is 8.61. The summed E-state index contributed by atoms with van der Waals surface area (Å²) in [7, 11) is 0. The van der Waals surface area contributed by atoms with E-state index in [9.17, 15) is 14.4 Å². The van der Waals surface area contributed by atoms with Crippen molar-refractivity contribution in [2.45, 2.75) is 32.6 Å². The second kappa shape index (κ2) is 9.16. The number of hydrogen-bond donors (Lipinski definition) is 0. The standard InChI is InChI=1S/C23H32N4O3/c1-2-18-5-7-20(8-6-18)27-16-19(15-21(27)28)23(30)26-13-11-24(12-14-26)17-22(29)25-9-3-4-10-25/h5-8,19H,2-4,9-17H2,1H3/t19-/m1/s1. The van der Waals surface area contributed by atoms with Gasteiger partial charge in [-0.25, -0.2) is 0 Å². The highest BCUT2D eigenvalue weighted by Crippen LogP contribution is 2.27. The summed E-state index contributed by atoms with van der Waals surface area (Å²) in [4.78, 5) is 45.6. The van der Waals surface area contributed by atoms with Crippen LogP contribution in [0.2, 0.25) is 0 Å². The molecule has 162 valence electrons. The molecule has 1 aromatic carbocycles. The molecule has 3 fully saturated rings. The van der Waals surface area contributed by atoms with Crippen LogP contribution in [-0.2, 0) is 20.8 Å². The van der Waals surface area contributed by atoms with Gasteiger partial charge in [-0.05, 0) is 37.0 Å². The third-order valence-corrected chi connectivity index (χ3v) is 6.63. The van der Waals surface area contributed by atoms with E-state index >= 15 is 0 Å². The Labute approximate surface area is 178 Å². The lowest BCUT2D eigenvalue weighted by Crippen LogP contribution is -2.52. The van der Waals surface area contributed by atoms with E-state index in [2.05, 4.69) is 11.8 Å². The van der Waals surface area contributed by atoms with Crippen LogP contribution in [0, 0.1) is 5.92 Å². The maximum Gasteiger partial charge on any atom is 0.236 e. The molecular formula is C23H32N4O3. The molecule has 7 nitrogen and oxygen atoms in total. The van der Waals surface area contributed by atoms with Crippen molar-refractivity contribution in [3.63, 3.8) is 0 Å². The van der Waals surface area contributed by atoms with E-state index in [1.54, 1.807) is 4.90 Å². The predicted octanol–water partition coefficient (Wildman–Crippen LogP) is 1.37. The zero-order valence-corrected chi connectivity index (χ0v) is 17.9. The van der Waals surface area contributed by atoms with Gasteiger partial charge in [-0.3, -0.25) is 19.3 Å². The highest BCUT2D eigenvalue weighted by molar-refractivity contribution is 6.00. The van der Waals surface area contributed by atoms with Gasteiger partial charge in [0.1, 0.15) is 0 Å². The molecule has 0 spiro atoms. The van der Waals surface area contributed by atoms with Gasteiger partial charge < -0.3 is 14.7 Å². The van der Waals surface area contributed by atoms with Crippen molar-refractivity contribution in [1.29, 1.82) is 0 Å². The Morgan fingerprint density at radius 3 is 2.23 bits per heavy atom. The molecule has 3 aliphatic rings. The van der Waals surface area contributed by atoms with Crippen molar-refractivity contribution in [1.82, 2.24) is 14.7 Å². The van der Waals surface area contributed by atoms with Crippen LogP contribution in [0.5, 0.6) is 0 Å². The number of carbonyl (C=O) groups is 3. The zero-order chi connectivity index (χ0) is 21.1. The molecule has 0 N–H and O–H groups in total. The Balaban J connectivity index is 1.27. The van der Waals surface area contributed by atoms with Crippen LogP contribution in [0.3, 0.4) is 0 Å². The van der Waals surface area contributed by atoms with Crippen molar-refractivity contribution in [3.05, 3.63) is 29.8 Å². The minimum absolute atomic E-state index is 0.0208. The highest BCUT2D eigenvalue weighted by atomic mass is 16.2. The molecule has 30 heavy (non-hydrogen) atoms. The van der Waals surface area contributed by atoms with Crippen LogP contribution in [0.25, 0.3) is 0 Å².